The van der Waals surface area contributed by atoms with Crippen molar-refractivity contribution >= 4 is 34.6 Å². The Kier molecular flexibility index (Phi) is 3.99. The predicted octanol–water partition coefficient (Wildman–Crippen LogP) is 3.57. The number of nitrogens with zero attached hydrogens (tertiary/aromatic N) is 2. The van der Waals surface area contributed by atoms with E-state index < -0.39 is 10.7 Å². The summed E-state index contributed by atoms with van der Waals surface area (Å²) in [7, 11) is 1.62. The van der Waals surface area contributed by atoms with E-state index in [9.17, 15) is 14.5 Å². The third kappa shape index (κ3) is 2.94. The third-order valence-electron chi connectivity index (χ3n) is 2.51. The van der Waals surface area contributed by atoms with Gasteiger partial charge in [0.25, 0.3) is 0 Å². The number of anilines is 3. The number of aromatic nitrogens is 1. The Morgan fingerprint density at radius 2 is 2.10 bits per heavy atom. The second-order valence-corrected chi connectivity index (χ2v) is 4.26. The van der Waals surface area contributed by atoms with Crippen LogP contribution in [0.4, 0.5) is 27.4 Å². The van der Waals surface area contributed by atoms with Crippen LogP contribution in [-0.2, 0) is 0 Å². The molecule has 2 rings (SSSR count). The molecular formula is C12H10ClFN4O2. The van der Waals surface area contributed by atoms with Gasteiger partial charge in [-0.3, -0.25) is 10.1 Å². The highest BCUT2D eigenvalue weighted by atomic mass is 35.5. The zero-order chi connectivity index (χ0) is 14.7. The molecule has 20 heavy (non-hydrogen) atoms. The van der Waals surface area contributed by atoms with E-state index in [4.69, 9.17) is 11.6 Å². The largest absolute Gasteiger partial charge is 0.373 e. The molecule has 0 aliphatic rings. The van der Waals surface area contributed by atoms with Crippen LogP contribution in [0.15, 0.2) is 30.3 Å². The van der Waals surface area contributed by atoms with Crippen molar-refractivity contribution in [3.05, 3.63) is 51.3 Å². The van der Waals surface area contributed by atoms with Crippen LogP contribution in [0.3, 0.4) is 0 Å². The highest BCUT2D eigenvalue weighted by molar-refractivity contribution is 6.30. The Morgan fingerprint density at radius 3 is 2.75 bits per heavy atom. The maximum absolute atomic E-state index is 13.6. The molecule has 1 aromatic carbocycles. The molecule has 0 unspecified atom stereocenters. The zero-order valence-corrected chi connectivity index (χ0v) is 11.1. The summed E-state index contributed by atoms with van der Waals surface area (Å²) in [5, 5.41) is 16.6. The molecule has 0 saturated heterocycles. The second kappa shape index (κ2) is 5.70. The first-order valence-electron chi connectivity index (χ1n) is 5.56. The van der Waals surface area contributed by atoms with Crippen LogP contribution >= 0.6 is 11.6 Å². The minimum absolute atomic E-state index is 0.0151. The van der Waals surface area contributed by atoms with Gasteiger partial charge in [0.05, 0.1) is 10.6 Å². The Balaban J connectivity index is 2.45. The van der Waals surface area contributed by atoms with Crippen molar-refractivity contribution in [1.29, 1.82) is 0 Å². The van der Waals surface area contributed by atoms with Crippen molar-refractivity contribution in [3.8, 4) is 0 Å². The SMILES string of the molecule is CNc1ccc([N+](=O)[O-])c(Nc2cc(Cl)ccc2F)n1. The van der Waals surface area contributed by atoms with E-state index in [-0.39, 0.29) is 17.2 Å². The molecular weight excluding hydrogens is 287 g/mol. The second-order valence-electron chi connectivity index (χ2n) is 3.82. The van der Waals surface area contributed by atoms with Crippen molar-refractivity contribution in [1.82, 2.24) is 4.98 Å². The van der Waals surface area contributed by atoms with Crippen molar-refractivity contribution < 1.29 is 9.31 Å². The lowest BCUT2D eigenvalue weighted by Crippen LogP contribution is -2.03. The standard InChI is InChI=1S/C12H10ClFN4O2/c1-15-11-5-4-10(18(19)20)12(17-11)16-9-6-7(13)2-3-8(9)14/h2-6H,1H3,(H2,15,16,17). The van der Waals surface area contributed by atoms with Gasteiger partial charge in [-0.2, -0.15) is 0 Å². The first-order chi connectivity index (χ1) is 9.51. The van der Waals surface area contributed by atoms with Crippen LogP contribution in [0.25, 0.3) is 0 Å². The molecule has 1 aromatic heterocycles. The minimum atomic E-state index is -0.600. The van der Waals surface area contributed by atoms with E-state index in [1.807, 2.05) is 0 Å². The van der Waals surface area contributed by atoms with Crippen LogP contribution < -0.4 is 10.6 Å². The first-order valence-corrected chi connectivity index (χ1v) is 5.94. The summed E-state index contributed by atoms with van der Waals surface area (Å²) in [4.78, 5) is 14.4. The summed E-state index contributed by atoms with van der Waals surface area (Å²) in [6.07, 6.45) is 0. The number of halogens is 2. The van der Waals surface area contributed by atoms with Crippen LogP contribution in [0.1, 0.15) is 0 Å². The van der Waals surface area contributed by atoms with E-state index in [1.165, 1.54) is 30.3 Å². The highest BCUT2D eigenvalue weighted by Crippen LogP contribution is 2.29. The average molecular weight is 297 g/mol. The summed E-state index contributed by atoms with van der Waals surface area (Å²) in [5.74, 6) is -0.232. The molecule has 0 fully saturated rings. The normalized spacial score (nSPS) is 10.2. The third-order valence-corrected chi connectivity index (χ3v) is 2.74. The van der Waals surface area contributed by atoms with Gasteiger partial charge in [-0.1, -0.05) is 11.6 Å². The highest BCUT2D eigenvalue weighted by Gasteiger charge is 2.17. The van der Waals surface area contributed by atoms with Crippen LogP contribution in [0.2, 0.25) is 5.02 Å². The monoisotopic (exact) mass is 296 g/mol. The smallest absolute Gasteiger partial charge is 0.311 e. The molecule has 0 bridgehead atoms. The molecule has 0 spiro atoms. The molecule has 0 saturated carbocycles. The molecule has 2 N–H and O–H groups in total. The fraction of sp³-hybridized carbons (Fsp3) is 0.0833. The summed E-state index contributed by atoms with van der Waals surface area (Å²) < 4.78 is 13.6. The molecule has 8 heteroatoms. The van der Waals surface area contributed by atoms with Crippen LogP contribution in [-0.4, -0.2) is 17.0 Å². The maximum atomic E-state index is 13.6. The Hall–Kier alpha value is -2.41. The van der Waals surface area contributed by atoms with Crippen molar-refractivity contribution in [2.24, 2.45) is 0 Å². The molecule has 0 atom stereocenters. The average Bonchev–Trinajstić information content (AvgIpc) is 2.42. The lowest BCUT2D eigenvalue weighted by molar-refractivity contribution is -0.384. The van der Waals surface area contributed by atoms with E-state index in [1.54, 1.807) is 7.05 Å². The van der Waals surface area contributed by atoms with Crippen LogP contribution in [0.5, 0.6) is 0 Å². The van der Waals surface area contributed by atoms with Crippen molar-refractivity contribution in [2.75, 3.05) is 17.7 Å². The topological polar surface area (TPSA) is 80.1 Å². The van der Waals surface area contributed by atoms with E-state index in [2.05, 4.69) is 15.6 Å². The Morgan fingerprint density at radius 1 is 1.35 bits per heavy atom. The van der Waals surface area contributed by atoms with Gasteiger partial charge < -0.3 is 10.6 Å². The van der Waals surface area contributed by atoms with E-state index in [0.29, 0.717) is 10.8 Å². The molecule has 0 aliphatic heterocycles. The number of pyridine rings is 1. The van der Waals surface area contributed by atoms with Gasteiger partial charge in [-0.15, -0.1) is 0 Å². The first kappa shape index (κ1) is 14.0. The zero-order valence-electron chi connectivity index (χ0n) is 10.4. The van der Waals surface area contributed by atoms with Crippen molar-refractivity contribution in [3.63, 3.8) is 0 Å². The van der Waals surface area contributed by atoms with Crippen LogP contribution in [0, 0.1) is 15.9 Å². The van der Waals surface area contributed by atoms with Gasteiger partial charge in [0.2, 0.25) is 5.82 Å². The van der Waals surface area contributed by atoms with Gasteiger partial charge in [-0.25, -0.2) is 9.37 Å². The summed E-state index contributed by atoms with van der Waals surface area (Å²) in [6.45, 7) is 0. The Labute approximate surface area is 118 Å². The molecule has 6 nitrogen and oxygen atoms in total. The van der Waals surface area contributed by atoms with Gasteiger partial charge >= 0.3 is 5.69 Å². The van der Waals surface area contributed by atoms with Gasteiger partial charge in [0.15, 0.2) is 0 Å². The lowest BCUT2D eigenvalue weighted by Gasteiger charge is -2.09. The predicted molar refractivity (Wildman–Crippen MR) is 75.1 cm³/mol. The fourth-order valence-corrected chi connectivity index (χ4v) is 1.72. The van der Waals surface area contributed by atoms with Gasteiger partial charge in [0.1, 0.15) is 11.6 Å². The molecule has 0 radical (unpaired) electrons. The Bertz CT molecular complexity index is 666. The molecule has 104 valence electrons. The van der Waals surface area contributed by atoms with Gasteiger partial charge in [-0.05, 0) is 24.3 Å². The van der Waals surface area contributed by atoms with E-state index >= 15 is 0 Å². The molecule has 1 heterocycles. The van der Waals surface area contributed by atoms with Gasteiger partial charge in [0, 0.05) is 18.1 Å². The number of benzene rings is 1. The molecule has 2 aromatic rings. The number of nitro groups is 1. The quantitative estimate of drug-likeness (QED) is 0.666. The number of nitrogens with one attached hydrogen (secondary N) is 2. The number of hydrogen-bond acceptors (Lipinski definition) is 5. The molecule has 0 amide bonds. The summed E-state index contributed by atoms with van der Waals surface area (Å²) >= 11 is 5.77. The fourth-order valence-electron chi connectivity index (χ4n) is 1.55. The van der Waals surface area contributed by atoms with E-state index in [0.717, 1.165) is 0 Å². The summed E-state index contributed by atoms with van der Waals surface area (Å²) in [6, 6.07) is 6.61. The maximum Gasteiger partial charge on any atom is 0.311 e. The summed E-state index contributed by atoms with van der Waals surface area (Å²) in [5.41, 5.74) is -0.246. The number of rotatable bonds is 4. The lowest BCUT2D eigenvalue weighted by atomic mass is 10.3. The minimum Gasteiger partial charge on any atom is -0.373 e. The number of hydrogen-bond donors (Lipinski definition) is 2. The molecule has 0 aliphatic carbocycles. The van der Waals surface area contributed by atoms with Crippen molar-refractivity contribution in [2.45, 2.75) is 0 Å².